The van der Waals surface area contributed by atoms with Gasteiger partial charge in [0.15, 0.2) is 5.76 Å². The molecule has 0 radical (unpaired) electrons. The molecule has 1 unspecified atom stereocenters. The summed E-state index contributed by atoms with van der Waals surface area (Å²) in [7, 11) is -4.00. The van der Waals surface area contributed by atoms with Crippen molar-refractivity contribution in [3.05, 3.63) is 75.0 Å². The number of sulfonamides is 1. The number of nitrogens with zero attached hydrogens (tertiary/aromatic N) is 2. The fraction of sp³-hybridized carbons (Fsp3) is 0.381. The summed E-state index contributed by atoms with van der Waals surface area (Å²) in [6.07, 6.45) is 3.14. The smallest absolute Gasteiger partial charge is 0.251 e. The molecule has 0 amide bonds. The molecule has 3 aromatic rings. The molecule has 0 saturated heterocycles. The number of halogens is 1. The molecule has 1 aliphatic carbocycles. The van der Waals surface area contributed by atoms with Gasteiger partial charge >= 0.3 is 0 Å². The average Bonchev–Trinajstić information content (AvgIpc) is 2.99. The van der Waals surface area contributed by atoms with Crippen molar-refractivity contribution in [2.45, 2.75) is 56.4 Å². The summed E-state index contributed by atoms with van der Waals surface area (Å²) in [4.78, 5) is 19.5. The van der Waals surface area contributed by atoms with E-state index in [1.165, 1.54) is 37.3 Å². The Kier molecular flexibility index (Phi) is 5.76. The Morgan fingerprint density at radius 1 is 1.26 bits per heavy atom. The number of aryl methyl sites for hydroxylation is 2. The molecule has 1 fully saturated rings. The Bertz CT molecular complexity index is 1230. The van der Waals surface area contributed by atoms with E-state index in [0.717, 1.165) is 19.3 Å². The van der Waals surface area contributed by atoms with Gasteiger partial charge in [-0.3, -0.25) is 4.79 Å². The van der Waals surface area contributed by atoms with Gasteiger partial charge < -0.3 is 9.51 Å². The molecule has 2 heterocycles. The number of rotatable bonds is 7. The number of benzene rings is 1. The van der Waals surface area contributed by atoms with E-state index < -0.39 is 21.9 Å². The minimum atomic E-state index is -4.00. The second-order valence-corrected chi connectivity index (χ2v) is 9.48. The molecule has 8 nitrogen and oxygen atoms in total. The van der Waals surface area contributed by atoms with Crippen LogP contribution in [-0.2, 0) is 16.4 Å². The van der Waals surface area contributed by atoms with Gasteiger partial charge in [-0.25, -0.2) is 22.5 Å². The zero-order chi connectivity index (χ0) is 22.2. The number of hydrogen-bond acceptors (Lipinski definition) is 6. The highest BCUT2D eigenvalue weighted by Gasteiger charge is 2.29. The monoisotopic (exact) mass is 446 g/mol. The SMILES string of the molecule is Cc1noc(C)c1S(=O)(=O)NC(Cc1cc(=O)[nH]c(C2CCC2)n1)c1ccc(F)cc1. The van der Waals surface area contributed by atoms with Crippen molar-refractivity contribution in [1.29, 1.82) is 0 Å². The summed E-state index contributed by atoms with van der Waals surface area (Å²) in [5.74, 6) is 0.582. The summed E-state index contributed by atoms with van der Waals surface area (Å²) < 4.78 is 47.3. The van der Waals surface area contributed by atoms with Gasteiger partial charge in [0.2, 0.25) is 10.0 Å². The Labute approximate surface area is 179 Å². The van der Waals surface area contributed by atoms with E-state index in [2.05, 4.69) is 19.8 Å². The van der Waals surface area contributed by atoms with Gasteiger partial charge in [0.1, 0.15) is 22.2 Å². The standard InChI is InChI=1S/C21H23FN4O4S/c1-12-20(13(2)30-25-12)31(28,29)26-18(14-6-8-16(22)9-7-14)10-17-11-19(27)24-21(23-17)15-4-3-5-15/h6-9,11,15,18,26H,3-5,10H2,1-2H3,(H,23,24,27). The molecule has 31 heavy (non-hydrogen) atoms. The lowest BCUT2D eigenvalue weighted by Crippen LogP contribution is -2.31. The molecule has 2 N–H and O–H groups in total. The first-order valence-corrected chi connectivity index (χ1v) is 11.5. The first-order chi connectivity index (χ1) is 14.7. The Hall–Kier alpha value is -2.85. The summed E-state index contributed by atoms with van der Waals surface area (Å²) in [6.45, 7) is 3.06. The quantitative estimate of drug-likeness (QED) is 0.576. The molecule has 2 aromatic heterocycles. The molecular weight excluding hydrogens is 423 g/mol. The van der Waals surface area contributed by atoms with Crippen LogP contribution in [0.4, 0.5) is 4.39 Å². The summed E-state index contributed by atoms with van der Waals surface area (Å²) in [6, 6.07) is 6.13. The molecule has 1 saturated carbocycles. The first-order valence-electron chi connectivity index (χ1n) is 10.0. The largest absolute Gasteiger partial charge is 0.360 e. The number of aromatic nitrogens is 3. The van der Waals surface area contributed by atoms with Crippen LogP contribution in [0.25, 0.3) is 0 Å². The van der Waals surface area contributed by atoms with Gasteiger partial charge in [-0.2, -0.15) is 0 Å². The summed E-state index contributed by atoms with van der Waals surface area (Å²) in [5.41, 5.74) is 0.966. The van der Waals surface area contributed by atoms with Crippen LogP contribution in [0.15, 0.2) is 44.5 Å². The maximum Gasteiger partial charge on any atom is 0.251 e. The van der Waals surface area contributed by atoms with Gasteiger partial charge in [0.05, 0.1) is 6.04 Å². The normalized spacial score (nSPS) is 15.6. The third kappa shape index (κ3) is 4.59. The maximum atomic E-state index is 13.5. The summed E-state index contributed by atoms with van der Waals surface area (Å²) >= 11 is 0. The molecule has 1 aromatic carbocycles. The first kappa shape index (κ1) is 21.4. The zero-order valence-electron chi connectivity index (χ0n) is 17.2. The highest BCUT2D eigenvalue weighted by molar-refractivity contribution is 7.89. The van der Waals surface area contributed by atoms with Crippen molar-refractivity contribution < 1.29 is 17.3 Å². The second kappa shape index (κ2) is 8.35. The van der Waals surface area contributed by atoms with Crippen LogP contribution < -0.4 is 10.3 Å². The minimum absolute atomic E-state index is 0.0337. The Morgan fingerprint density at radius 2 is 1.97 bits per heavy atom. The fourth-order valence-corrected chi connectivity index (χ4v) is 5.30. The molecule has 0 aliphatic heterocycles. The maximum absolute atomic E-state index is 13.5. The average molecular weight is 447 g/mol. The van der Waals surface area contributed by atoms with Crippen molar-refractivity contribution in [3.63, 3.8) is 0 Å². The van der Waals surface area contributed by atoms with E-state index in [1.54, 1.807) is 6.92 Å². The van der Waals surface area contributed by atoms with Gasteiger partial charge in [-0.05, 0) is 44.4 Å². The lowest BCUT2D eigenvalue weighted by molar-refractivity contribution is 0.390. The van der Waals surface area contributed by atoms with E-state index in [9.17, 15) is 17.6 Å². The van der Waals surface area contributed by atoms with Crippen LogP contribution in [0.3, 0.4) is 0 Å². The fourth-order valence-electron chi connectivity index (χ4n) is 3.74. The predicted octanol–water partition coefficient (Wildman–Crippen LogP) is 3.04. The Balaban J connectivity index is 1.69. The number of aromatic amines is 1. The zero-order valence-corrected chi connectivity index (χ0v) is 18.0. The van der Waals surface area contributed by atoms with Crippen molar-refractivity contribution in [1.82, 2.24) is 19.8 Å². The van der Waals surface area contributed by atoms with E-state index in [1.807, 2.05) is 0 Å². The van der Waals surface area contributed by atoms with Crippen molar-refractivity contribution >= 4 is 10.0 Å². The van der Waals surface area contributed by atoms with Crippen LogP contribution >= 0.6 is 0 Å². The Morgan fingerprint density at radius 3 is 2.55 bits per heavy atom. The van der Waals surface area contributed by atoms with E-state index in [0.29, 0.717) is 17.1 Å². The number of nitrogens with one attached hydrogen (secondary N) is 2. The van der Waals surface area contributed by atoms with E-state index in [-0.39, 0.29) is 34.2 Å². The van der Waals surface area contributed by atoms with Crippen molar-refractivity contribution in [2.24, 2.45) is 0 Å². The van der Waals surface area contributed by atoms with Gasteiger partial charge in [-0.15, -0.1) is 0 Å². The molecule has 1 atom stereocenters. The molecule has 164 valence electrons. The van der Waals surface area contributed by atoms with Crippen LogP contribution in [0, 0.1) is 19.7 Å². The third-order valence-electron chi connectivity index (χ3n) is 5.52. The van der Waals surface area contributed by atoms with Crippen LogP contribution in [0.5, 0.6) is 0 Å². The molecule has 1 aliphatic rings. The summed E-state index contributed by atoms with van der Waals surface area (Å²) in [5, 5.41) is 3.71. The molecule has 4 rings (SSSR count). The van der Waals surface area contributed by atoms with E-state index in [4.69, 9.17) is 4.52 Å². The van der Waals surface area contributed by atoms with Crippen LogP contribution in [-0.4, -0.2) is 23.5 Å². The highest BCUT2D eigenvalue weighted by atomic mass is 32.2. The van der Waals surface area contributed by atoms with Gasteiger partial charge in [-0.1, -0.05) is 23.7 Å². The topological polar surface area (TPSA) is 118 Å². The van der Waals surface area contributed by atoms with Crippen molar-refractivity contribution in [3.8, 4) is 0 Å². The van der Waals surface area contributed by atoms with Crippen LogP contribution in [0.1, 0.15) is 59.8 Å². The second-order valence-electron chi connectivity index (χ2n) is 7.83. The number of hydrogen-bond donors (Lipinski definition) is 2. The molecule has 10 heteroatoms. The van der Waals surface area contributed by atoms with Crippen LogP contribution in [0.2, 0.25) is 0 Å². The number of H-pyrrole nitrogens is 1. The molecule has 0 spiro atoms. The van der Waals surface area contributed by atoms with Gasteiger partial charge in [0, 0.05) is 24.1 Å². The lowest BCUT2D eigenvalue weighted by Gasteiger charge is -2.25. The van der Waals surface area contributed by atoms with Gasteiger partial charge in [0.25, 0.3) is 5.56 Å². The van der Waals surface area contributed by atoms with Crippen molar-refractivity contribution in [2.75, 3.05) is 0 Å². The molecule has 0 bridgehead atoms. The molecular formula is C21H23FN4O4S. The third-order valence-corrected chi connectivity index (χ3v) is 7.24. The predicted molar refractivity (Wildman–Crippen MR) is 111 cm³/mol. The van der Waals surface area contributed by atoms with E-state index >= 15 is 0 Å². The minimum Gasteiger partial charge on any atom is -0.360 e. The highest BCUT2D eigenvalue weighted by Crippen LogP contribution is 2.34. The lowest BCUT2D eigenvalue weighted by atomic mass is 9.85.